The number of carboxylic acid groups (broad SMARTS) is 1. The van der Waals surface area contributed by atoms with Crippen molar-refractivity contribution in [2.24, 2.45) is 0 Å². The molecule has 1 unspecified atom stereocenters. The molecule has 0 radical (unpaired) electrons. The van der Waals surface area contributed by atoms with Gasteiger partial charge in [-0.15, -0.1) is 11.3 Å². The normalized spacial score (nSPS) is 11.5. The lowest BCUT2D eigenvalue weighted by Crippen LogP contribution is -2.15. The zero-order chi connectivity index (χ0) is 23.2. The van der Waals surface area contributed by atoms with Crippen LogP contribution in [0.2, 0.25) is 0 Å². The molecule has 1 aromatic heterocycles. The van der Waals surface area contributed by atoms with E-state index in [1.165, 1.54) is 11.3 Å². The van der Waals surface area contributed by atoms with Crippen molar-refractivity contribution < 1.29 is 19.4 Å². The summed E-state index contributed by atoms with van der Waals surface area (Å²) in [6.07, 6.45) is -0.830. The minimum Gasteiger partial charge on any atom is -0.481 e. The summed E-state index contributed by atoms with van der Waals surface area (Å²) in [5.41, 5.74) is 5.65. The predicted octanol–water partition coefficient (Wildman–Crippen LogP) is 7.02. The van der Waals surface area contributed by atoms with Gasteiger partial charge in [-0.1, -0.05) is 78.9 Å². The average Bonchev–Trinajstić information content (AvgIpc) is 3.28. The number of rotatable bonds is 7. The first-order chi connectivity index (χ1) is 16.0. The Labute approximate surface area is 196 Å². The number of carbonyl (C=O) groups excluding carboxylic acids is 1. The van der Waals surface area contributed by atoms with Crippen molar-refractivity contribution in [2.75, 3.05) is 5.32 Å². The Kier molecular flexibility index (Phi) is 6.86. The molecule has 166 valence electrons. The fourth-order valence-corrected chi connectivity index (χ4v) is 4.34. The minimum atomic E-state index is -0.842. The number of amides is 1. The second-order valence-electron chi connectivity index (χ2n) is 7.59. The maximum Gasteiger partial charge on any atom is 0.412 e. The van der Waals surface area contributed by atoms with E-state index < -0.39 is 12.1 Å². The van der Waals surface area contributed by atoms with Gasteiger partial charge in [0.05, 0.1) is 6.42 Å². The molecule has 0 aliphatic heterocycles. The Balaban J connectivity index is 1.44. The van der Waals surface area contributed by atoms with Crippen molar-refractivity contribution in [1.82, 2.24) is 0 Å². The second-order valence-corrected chi connectivity index (χ2v) is 8.51. The lowest BCUT2D eigenvalue weighted by molar-refractivity contribution is -0.136. The maximum atomic E-state index is 12.4. The molecule has 0 spiro atoms. The Morgan fingerprint density at radius 2 is 1.48 bits per heavy atom. The molecule has 4 aromatic rings. The fourth-order valence-electron chi connectivity index (χ4n) is 3.54. The van der Waals surface area contributed by atoms with Crippen LogP contribution < -0.4 is 5.32 Å². The van der Waals surface area contributed by atoms with Crippen molar-refractivity contribution >= 4 is 28.4 Å². The summed E-state index contributed by atoms with van der Waals surface area (Å²) in [7, 11) is 0. The summed E-state index contributed by atoms with van der Waals surface area (Å²) in [6, 6.07) is 27.1. The van der Waals surface area contributed by atoms with Crippen molar-refractivity contribution in [1.29, 1.82) is 0 Å². The monoisotopic (exact) mass is 457 g/mol. The molecule has 1 amide bonds. The van der Waals surface area contributed by atoms with E-state index >= 15 is 0 Å². The molecule has 0 bridgehead atoms. The fraction of sp³-hybridized carbons (Fsp3) is 0.111. The lowest BCUT2D eigenvalue weighted by atomic mass is 10.00. The lowest BCUT2D eigenvalue weighted by Gasteiger charge is -2.14. The summed E-state index contributed by atoms with van der Waals surface area (Å²) in [6.45, 7) is 1.84. The molecule has 0 aliphatic carbocycles. The minimum absolute atomic E-state index is 0.0136. The van der Waals surface area contributed by atoms with Gasteiger partial charge >= 0.3 is 12.1 Å². The molecule has 33 heavy (non-hydrogen) atoms. The smallest absolute Gasteiger partial charge is 0.412 e. The summed E-state index contributed by atoms with van der Waals surface area (Å²) in [5, 5.41) is 14.4. The number of benzene rings is 3. The van der Waals surface area contributed by atoms with Crippen molar-refractivity contribution in [2.45, 2.75) is 19.4 Å². The van der Waals surface area contributed by atoms with E-state index in [-0.39, 0.29) is 12.5 Å². The van der Waals surface area contributed by atoms with Crippen LogP contribution in [0.5, 0.6) is 0 Å². The highest BCUT2D eigenvalue weighted by molar-refractivity contribution is 7.15. The number of ether oxygens (including phenoxy) is 1. The predicted molar refractivity (Wildman–Crippen MR) is 131 cm³/mol. The number of carbonyl (C=O) groups is 2. The summed E-state index contributed by atoms with van der Waals surface area (Å²) in [4.78, 5) is 23.3. The van der Waals surface area contributed by atoms with Crippen molar-refractivity contribution in [3.63, 3.8) is 0 Å². The number of hydrogen-bond acceptors (Lipinski definition) is 4. The Morgan fingerprint density at radius 3 is 2.12 bits per heavy atom. The molecular weight excluding hydrogens is 434 g/mol. The largest absolute Gasteiger partial charge is 0.481 e. The van der Waals surface area contributed by atoms with Gasteiger partial charge in [0.25, 0.3) is 0 Å². The summed E-state index contributed by atoms with van der Waals surface area (Å²) < 4.78 is 5.53. The molecule has 2 N–H and O–H groups in total. The van der Waals surface area contributed by atoms with Crippen LogP contribution in [0.4, 0.5) is 9.80 Å². The van der Waals surface area contributed by atoms with E-state index in [4.69, 9.17) is 9.84 Å². The molecule has 0 fully saturated rings. The molecule has 0 saturated carbocycles. The Bertz CT molecular complexity index is 1230. The zero-order valence-corrected chi connectivity index (χ0v) is 18.8. The molecule has 1 atom stereocenters. The van der Waals surface area contributed by atoms with Crippen LogP contribution >= 0.6 is 11.3 Å². The Hall–Kier alpha value is -3.90. The van der Waals surface area contributed by atoms with Crippen LogP contribution in [0.1, 0.15) is 24.2 Å². The van der Waals surface area contributed by atoms with E-state index in [0.29, 0.717) is 0 Å². The van der Waals surface area contributed by atoms with Gasteiger partial charge in [0.1, 0.15) is 11.1 Å². The molecule has 0 saturated heterocycles. The third-order valence-corrected chi connectivity index (χ3v) is 6.10. The van der Waals surface area contributed by atoms with E-state index in [1.54, 1.807) is 0 Å². The van der Waals surface area contributed by atoms with Gasteiger partial charge in [0.2, 0.25) is 0 Å². The van der Waals surface area contributed by atoms with Gasteiger partial charge in [-0.05, 0) is 46.2 Å². The van der Waals surface area contributed by atoms with Crippen molar-refractivity contribution in [3.8, 4) is 22.3 Å². The van der Waals surface area contributed by atoms with Crippen molar-refractivity contribution in [3.05, 3.63) is 101 Å². The summed E-state index contributed by atoms with van der Waals surface area (Å²) in [5.74, 6) is -0.842. The highest BCUT2D eigenvalue weighted by Gasteiger charge is 2.15. The van der Waals surface area contributed by atoms with E-state index in [1.807, 2.05) is 97.2 Å². The van der Waals surface area contributed by atoms with Gasteiger partial charge in [-0.25, -0.2) is 4.79 Å². The molecule has 4 rings (SSSR count). The zero-order valence-electron chi connectivity index (χ0n) is 18.0. The van der Waals surface area contributed by atoms with Gasteiger partial charge in [-0.3, -0.25) is 10.1 Å². The van der Waals surface area contributed by atoms with Crippen LogP contribution in [0.25, 0.3) is 22.3 Å². The first-order valence-electron chi connectivity index (χ1n) is 10.5. The SMILES string of the molecule is CC(OC(=O)Nc1sccc1-c1ccc(-c2ccc(CC(=O)O)cc2)cc1)c1ccccc1. The number of thiophene rings is 1. The van der Waals surface area contributed by atoms with Crippen LogP contribution in [0.3, 0.4) is 0 Å². The number of anilines is 1. The molecular formula is C27H23NO4S. The number of hydrogen-bond donors (Lipinski definition) is 2. The first-order valence-corrected chi connectivity index (χ1v) is 11.4. The molecule has 5 nitrogen and oxygen atoms in total. The van der Waals surface area contributed by atoms with Gasteiger partial charge in [-0.2, -0.15) is 0 Å². The number of carboxylic acids is 1. The Morgan fingerprint density at radius 1 is 0.879 bits per heavy atom. The number of nitrogens with one attached hydrogen (secondary N) is 1. The molecule has 6 heteroatoms. The third kappa shape index (κ3) is 5.67. The summed E-state index contributed by atoms with van der Waals surface area (Å²) >= 11 is 1.44. The molecule has 0 aliphatic rings. The topological polar surface area (TPSA) is 75.6 Å². The average molecular weight is 458 g/mol. The van der Waals surface area contributed by atoms with E-state index in [2.05, 4.69) is 5.32 Å². The molecule has 3 aromatic carbocycles. The maximum absolute atomic E-state index is 12.4. The van der Waals surface area contributed by atoms with Gasteiger partial charge in [0.15, 0.2) is 0 Å². The quantitative estimate of drug-likeness (QED) is 0.313. The van der Waals surface area contributed by atoms with Crippen LogP contribution in [0, 0.1) is 0 Å². The van der Waals surface area contributed by atoms with Gasteiger partial charge in [0, 0.05) is 5.56 Å². The van der Waals surface area contributed by atoms with Gasteiger partial charge < -0.3 is 9.84 Å². The van der Waals surface area contributed by atoms with Crippen LogP contribution in [0.15, 0.2) is 90.3 Å². The standard InChI is InChI=1S/C27H23NO4S/c1-18(20-5-3-2-4-6-20)32-27(31)28-26-24(15-16-33-26)23-13-11-22(12-14-23)21-9-7-19(8-10-21)17-25(29)30/h2-16,18H,17H2,1H3,(H,28,31)(H,29,30). The highest BCUT2D eigenvalue weighted by Crippen LogP contribution is 2.34. The van der Waals surface area contributed by atoms with Crippen LogP contribution in [-0.2, 0) is 16.0 Å². The number of aliphatic carboxylic acids is 1. The van der Waals surface area contributed by atoms with Crippen LogP contribution in [-0.4, -0.2) is 17.2 Å². The third-order valence-electron chi connectivity index (χ3n) is 5.27. The second kappa shape index (κ2) is 10.1. The first kappa shape index (κ1) is 22.3. The highest BCUT2D eigenvalue weighted by atomic mass is 32.1. The van der Waals surface area contributed by atoms with E-state index in [9.17, 15) is 9.59 Å². The van der Waals surface area contributed by atoms with E-state index in [0.717, 1.165) is 38.4 Å². The molecule has 1 heterocycles.